The first kappa shape index (κ1) is 14.1. The number of amides is 2. The summed E-state index contributed by atoms with van der Waals surface area (Å²) in [6.07, 6.45) is 1.62. The fraction of sp³-hybridized carbons (Fsp3) is 0.333. The summed E-state index contributed by atoms with van der Waals surface area (Å²) in [5.74, 6) is -0.948. The highest BCUT2D eigenvalue weighted by atomic mass is 16.4. The van der Waals surface area contributed by atoms with Gasteiger partial charge in [-0.1, -0.05) is 12.2 Å². The van der Waals surface area contributed by atoms with Gasteiger partial charge in [-0.2, -0.15) is 0 Å². The highest BCUT2D eigenvalue weighted by molar-refractivity contribution is 5.95. The predicted molar refractivity (Wildman–Crippen MR) is 77.3 cm³/mol. The van der Waals surface area contributed by atoms with Crippen LogP contribution in [0.4, 0.5) is 10.5 Å². The SMILES string of the molecule is C=C(C)CNC(=O)N1CCCc2cc(C(=O)O)ccc21. The van der Waals surface area contributed by atoms with Gasteiger partial charge in [0, 0.05) is 18.8 Å². The number of nitrogens with zero attached hydrogens (tertiary/aromatic N) is 1. The van der Waals surface area contributed by atoms with E-state index in [0.717, 1.165) is 29.7 Å². The number of aryl methyl sites for hydroxylation is 1. The molecule has 0 aliphatic carbocycles. The Bertz CT molecular complexity index is 566. The van der Waals surface area contributed by atoms with E-state index in [1.54, 1.807) is 17.0 Å². The summed E-state index contributed by atoms with van der Waals surface area (Å²) in [7, 11) is 0. The molecular weight excluding hydrogens is 256 g/mol. The van der Waals surface area contributed by atoms with Gasteiger partial charge in [0.1, 0.15) is 0 Å². The van der Waals surface area contributed by atoms with Crippen LogP contribution in [-0.4, -0.2) is 30.2 Å². The first-order chi connectivity index (χ1) is 9.49. The highest BCUT2D eigenvalue weighted by Crippen LogP contribution is 2.28. The lowest BCUT2D eigenvalue weighted by molar-refractivity contribution is 0.0696. The standard InChI is InChI=1S/C15H18N2O3/c1-10(2)9-16-15(20)17-7-3-4-11-8-12(14(18)19)5-6-13(11)17/h5-6,8H,1,3-4,7,9H2,2H3,(H,16,20)(H,18,19). The molecule has 106 valence electrons. The Labute approximate surface area is 117 Å². The van der Waals surface area contributed by atoms with Crippen LogP contribution in [0.5, 0.6) is 0 Å². The van der Waals surface area contributed by atoms with Crippen molar-refractivity contribution >= 4 is 17.7 Å². The summed E-state index contributed by atoms with van der Waals surface area (Å²) in [6.45, 7) is 6.68. The lowest BCUT2D eigenvalue weighted by Gasteiger charge is -2.29. The number of fused-ring (bicyclic) bond motifs is 1. The molecule has 0 aromatic heterocycles. The first-order valence-electron chi connectivity index (χ1n) is 6.55. The number of carbonyl (C=O) groups is 2. The predicted octanol–water partition coefficient (Wildman–Crippen LogP) is 2.42. The normalized spacial score (nSPS) is 13.6. The Morgan fingerprint density at radius 3 is 2.85 bits per heavy atom. The van der Waals surface area contributed by atoms with Crippen LogP contribution >= 0.6 is 0 Å². The quantitative estimate of drug-likeness (QED) is 0.832. The van der Waals surface area contributed by atoms with Crippen molar-refractivity contribution < 1.29 is 14.7 Å². The van der Waals surface area contributed by atoms with Gasteiger partial charge in [0.15, 0.2) is 0 Å². The molecule has 20 heavy (non-hydrogen) atoms. The average molecular weight is 274 g/mol. The molecule has 1 aliphatic heterocycles. The van der Waals surface area contributed by atoms with Gasteiger partial charge in [-0.05, 0) is 43.5 Å². The van der Waals surface area contributed by atoms with E-state index in [9.17, 15) is 9.59 Å². The Hall–Kier alpha value is -2.30. The van der Waals surface area contributed by atoms with Crippen LogP contribution in [0.2, 0.25) is 0 Å². The van der Waals surface area contributed by atoms with E-state index in [1.807, 2.05) is 6.92 Å². The zero-order valence-corrected chi connectivity index (χ0v) is 11.5. The van der Waals surface area contributed by atoms with Crippen LogP contribution in [0.15, 0.2) is 30.4 Å². The van der Waals surface area contributed by atoms with Crippen molar-refractivity contribution in [3.8, 4) is 0 Å². The molecule has 1 aliphatic rings. The second-order valence-electron chi connectivity index (χ2n) is 5.02. The number of urea groups is 1. The number of carboxylic acids is 1. The molecule has 5 nitrogen and oxygen atoms in total. The van der Waals surface area contributed by atoms with E-state index in [0.29, 0.717) is 13.1 Å². The molecule has 2 N–H and O–H groups in total. The van der Waals surface area contributed by atoms with Crippen molar-refractivity contribution in [2.75, 3.05) is 18.0 Å². The van der Waals surface area contributed by atoms with Gasteiger partial charge in [0.25, 0.3) is 0 Å². The first-order valence-corrected chi connectivity index (χ1v) is 6.55. The maximum Gasteiger partial charge on any atom is 0.335 e. The molecule has 2 rings (SSSR count). The van der Waals surface area contributed by atoms with Crippen LogP contribution in [-0.2, 0) is 6.42 Å². The van der Waals surface area contributed by atoms with Crippen LogP contribution in [0.25, 0.3) is 0 Å². The fourth-order valence-corrected chi connectivity index (χ4v) is 2.26. The number of aromatic carboxylic acids is 1. The van der Waals surface area contributed by atoms with Gasteiger partial charge in [-0.25, -0.2) is 9.59 Å². The third kappa shape index (κ3) is 2.99. The number of hydrogen-bond donors (Lipinski definition) is 2. The maximum absolute atomic E-state index is 12.1. The van der Waals surface area contributed by atoms with Gasteiger partial charge >= 0.3 is 12.0 Å². The van der Waals surface area contributed by atoms with Crippen molar-refractivity contribution in [1.29, 1.82) is 0 Å². The minimum absolute atomic E-state index is 0.169. The molecule has 0 saturated carbocycles. The number of carboxylic acid groups (broad SMARTS) is 1. The fourth-order valence-electron chi connectivity index (χ4n) is 2.26. The molecule has 0 atom stereocenters. The third-order valence-electron chi connectivity index (χ3n) is 3.23. The third-order valence-corrected chi connectivity index (χ3v) is 3.23. The molecule has 0 saturated heterocycles. The highest BCUT2D eigenvalue weighted by Gasteiger charge is 2.23. The van der Waals surface area contributed by atoms with E-state index in [-0.39, 0.29) is 11.6 Å². The van der Waals surface area contributed by atoms with E-state index < -0.39 is 5.97 Å². The zero-order valence-electron chi connectivity index (χ0n) is 11.5. The summed E-state index contributed by atoms with van der Waals surface area (Å²) in [5, 5.41) is 11.8. The number of hydrogen-bond acceptors (Lipinski definition) is 2. The second kappa shape index (κ2) is 5.77. The molecule has 0 fully saturated rings. The largest absolute Gasteiger partial charge is 0.478 e. The number of anilines is 1. The topological polar surface area (TPSA) is 69.6 Å². The van der Waals surface area contributed by atoms with Gasteiger partial charge in [-0.3, -0.25) is 4.90 Å². The van der Waals surface area contributed by atoms with Crippen molar-refractivity contribution in [3.63, 3.8) is 0 Å². The smallest absolute Gasteiger partial charge is 0.335 e. The molecule has 0 bridgehead atoms. The molecule has 5 heteroatoms. The van der Waals surface area contributed by atoms with Crippen LogP contribution in [0.3, 0.4) is 0 Å². The summed E-state index contributed by atoms with van der Waals surface area (Å²) in [6, 6.07) is 4.72. The van der Waals surface area contributed by atoms with Gasteiger partial charge < -0.3 is 10.4 Å². The van der Waals surface area contributed by atoms with Crippen molar-refractivity contribution in [1.82, 2.24) is 5.32 Å². The zero-order chi connectivity index (χ0) is 14.7. The Balaban J connectivity index is 2.22. The average Bonchev–Trinajstić information content (AvgIpc) is 2.43. The van der Waals surface area contributed by atoms with Crippen molar-refractivity contribution in [2.24, 2.45) is 0 Å². The van der Waals surface area contributed by atoms with Crippen LogP contribution in [0, 0.1) is 0 Å². The van der Waals surface area contributed by atoms with E-state index >= 15 is 0 Å². The molecule has 0 radical (unpaired) electrons. The van der Waals surface area contributed by atoms with Crippen LogP contribution < -0.4 is 10.2 Å². The summed E-state index contributed by atoms with van der Waals surface area (Å²) in [5.41, 5.74) is 2.84. The minimum Gasteiger partial charge on any atom is -0.478 e. The number of benzene rings is 1. The van der Waals surface area contributed by atoms with Gasteiger partial charge in [-0.15, -0.1) is 0 Å². The number of rotatable bonds is 3. The summed E-state index contributed by atoms with van der Waals surface area (Å²) < 4.78 is 0. The van der Waals surface area contributed by atoms with E-state index in [2.05, 4.69) is 11.9 Å². The molecule has 1 aromatic carbocycles. The Kier molecular flexibility index (Phi) is 4.08. The molecular formula is C15H18N2O3. The second-order valence-corrected chi connectivity index (χ2v) is 5.02. The summed E-state index contributed by atoms with van der Waals surface area (Å²) in [4.78, 5) is 24.8. The number of nitrogens with one attached hydrogen (secondary N) is 1. The van der Waals surface area contributed by atoms with Crippen molar-refractivity contribution in [2.45, 2.75) is 19.8 Å². The van der Waals surface area contributed by atoms with Crippen LogP contribution in [0.1, 0.15) is 29.3 Å². The van der Waals surface area contributed by atoms with E-state index in [4.69, 9.17) is 5.11 Å². The molecule has 0 spiro atoms. The molecule has 1 aromatic rings. The summed E-state index contributed by atoms with van der Waals surface area (Å²) >= 11 is 0. The lowest BCUT2D eigenvalue weighted by atomic mass is 9.99. The Morgan fingerprint density at radius 1 is 1.45 bits per heavy atom. The minimum atomic E-state index is -0.948. The van der Waals surface area contributed by atoms with Crippen molar-refractivity contribution in [3.05, 3.63) is 41.5 Å². The lowest BCUT2D eigenvalue weighted by Crippen LogP contribution is -2.43. The molecule has 2 amide bonds. The Morgan fingerprint density at radius 2 is 2.20 bits per heavy atom. The monoisotopic (exact) mass is 274 g/mol. The molecule has 1 heterocycles. The van der Waals surface area contributed by atoms with Gasteiger partial charge in [0.05, 0.1) is 5.56 Å². The van der Waals surface area contributed by atoms with Gasteiger partial charge in [0.2, 0.25) is 0 Å². The molecule has 0 unspecified atom stereocenters. The maximum atomic E-state index is 12.1. The van der Waals surface area contributed by atoms with E-state index in [1.165, 1.54) is 6.07 Å². The number of carbonyl (C=O) groups excluding carboxylic acids is 1.